The van der Waals surface area contributed by atoms with Gasteiger partial charge >= 0.3 is 5.97 Å². The van der Waals surface area contributed by atoms with E-state index in [-0.39, 0.29) is 0 Å². The molecule has 0 aliphatic carbocycles. The minimum absolute atomic E-state index is 0.328. The molecule has 2 heterocycles. The molecule has 122 valence electrons. The van der Waals surface area contributed by atoms with Gasteiger partial charge in [-0.3, -0.25) is 4.90 Å². The Balaban J connectivity index is 1.60. The molecule has 23 heavy (non-hydrogen) atoms. The number of rotatable bonds is 4. The van der Waals surface area contributed by atoms with E-state index in [9.17, 15) is 4.79 Å². The van der Waals surface area contributed by atoms with E-state index < -0.39 is 5.97 Å². The normalized spacial score (nSPS) is 15.8. The monoisotopic (exact) mass is 333 g/mol. The van der Waals surface area contributed by atoms with Crippen molar-refractivity contribution in [1.29, 1.82) is 0 Å². The number of aromatic carboxylic acids is 1. The van der Waals surface area contributed by atoms with E-state index in [1.54, 1.807) is 17.7 Å². The molecule has 0 saturated carbocycles. The molecule has 0 radical (unpaired) electrons. The molecule has 0 bridgehead atoms. The Kier molecular flexibility index (Phi) is 4.59. The van der Waals surface area contributed by atoms with Crippen LogP contribution in [-0.4, -0.2) is 46.7 Å². The van der Waals surface area contributed by atoms with E-state index in [0.717, 1.165) is 49.0 Å². The maximum Gasteiger partial charge on any atom is 0.352 e. The molecule has 0 amide bonds. The van der Waals surface area contributed by atoms with Gasteiger partial charge in [-0.25, -0.2) is 4.79 Å². The van der Waals surface area contributed by atoms with Crippen LogP contribution in [0, 0.1) is 0 Å². The van der Waals surface area contributed by atoms with Crippen molar-refractivity contribution in [2.75, 3.05) is 31.1 Å². The summed E-state index contributed by atoms with van der Waals surface area (Å²) in [6, 6.07) is 9.67. The highest BCUT2D eigenvalue weighted by Crippen LogP contribution is 2.26. The Morgan fingerprint density at radius 3 is 2.52 bits per heavy atom. The van der Waals surface area contributed by atoms with Crippen molar-refractivity contribution in [3.05, 3.63) is 52.8 Å². The fourth-order valence-electron chi connectivity index (χ4n) is 3.05. The lowest BCUT2D eigenvalue weighted by Gasteiger charge is -2.36. The number of aryl methyl sites for hydroxylation is 1. The highest BCUT2D eigenvalue weighted by molar-refractivity contribution is 6.33. The lowest BCUT2D eigenvalue weighted by Crippen LogP contribution is -2.46. The summed E-state index contributed by atoms with van der Waals surface area (Å²) >= 11 is 6.26. The molecule has 6 heteroatoms. The number of hydrogen-bond donors (Lipinski definition) is 1. The lowest BCUT2D eigenvalue weighted by atomic mass is 10.2. The van der Waals surface area contributed by atoms with Gasteiger partial charge in [-0.2, -0.15) is 0 Å². The van der Waals surface area contributed by atoms with Crippen LogP contribution in [0.25, 0.3) is 0 Å². The van der Waals surface area contributed by atoms with Gasteiger partial charge in [-0.15, -0.1) is 0 Å². The molecule has 3 rings (SSSR count). The van der Waals surface area contributed by atoms with Crippen LogP contribution in [0.3, 0.4) is 0 Å². The van der Waals surface area contributed by atoms with Crippen molar-refractivity contribution in [3.63, 3.8) is 0 Å². The van der Waals surface area contributed by atoms with Crippen LogP contribution in [0.4, 0.5) is 5.69 Å². The van der Waals surface area contributed by atoms with Crippen molar-refractivity contribution in [3.8, 4) is 0 Å². The Labute approximate surface area is 140 Å². The number of benzene rings is 1. The summed E-state index contributed by atoms with van der Waals surface area (Å²) in [5, 5.41) is 9.91. The highest BCUT2D eigenvalue weighted by atomic mass is 35.5. The third kappa shape index (κ3) is 3.51. The first-order valence-corrected chi connectivity index (χ1v) is 8.03. The number of aromatic nitrogens is 1. The van der Waals surface area contributed by atoms with Crippen LogP contribution in [-0.2, 0) is 13.6 Å². The summed E-state index contributed by atoms with van der Waals surface area (Å²) in [4.78, 5) is 15.7. The van der Waals surface area contributed by atoms with E-state index in [1.807, 2.05) is 30.5 Å². The van der Waals surface area contributed by atoms with Crippen molar-refractivity contribution in [2.24, 2.45) is 7.05 Å². The van der Waals surface area contributed by atoms with E-state index in [0.29, 0.717) is 5.69 Å². The predicted molar refractivity (Wildman–Crippen MR) is 91.3 cm³/mol. The van der Waals surface area contributed by atoms with Gasteiger partial charge in [0.2, 0.25) is 0 Å². The minimum Gasteiger partial charge on any atom is -0.477 e. The van der Waals surface area contributed by atoms with Crippen LogP contribution in [0.1, 0.15) is 16.1 Å². The summed E-state index contributed by atoms with van der Waals surface area (Å²) in [7, 11) is 1.77. The van der Waals surface area contributed by atoms with E-state index in [1.165, 1.54) is 0 Å². The number of piperazine rings is 1. The topological polar surface area (TPSA) is 48.7 Å². The predicted octanol–water partition coefficient (Wildman–Crippen LogP) is 2.70. The average Bonchev–Trinajstić information content (AvgIpc) is 2.89. The first-order valence-electron chi connectivity index (χ1n) is 7.65. The second-order valence-corrected chi connectivity index (χ2v) is 6.27. The quantitative estimate of drug-likeness (QED) is 0.934. The Bertz CT molecular complexity index is 706. The molecule has 1 N–H and O–H groups in total. The first-order chi connectivity index (χ1) is 11.0. The number of carbonyl (C=O) groups is 1. The van der Waals surface area contributed by atoms with E-state index in [4.69, 9.17) is 16.7 Å². The zero-order chi connectivity index (χ0) is 16.4. The maximum atomic E-state index is 11.1. The molecule has 1 fully saturated rings. The van der Waals surface area contributed by atoms with Gasteiger partial charge in [0.1, 0.15) is 5.69 Å². The van der Waals surface area contributed by atoms with E-state index in [2.05, 4.69) is 9.80 Å². The molecule has 0 unspecified atom stereocenters. The van der Waals surface area contributed by atoms with Crippen molar-refractivity contribution in [2.45, 2.75) is 6.54 Å². The van der Waals surface area contributed by atoms with Gasteiger partial charge < -0.3 is 14.6 Å². The van der Waals surface area contributed by atoms with Gasteiger partial charge in [0.05, 0.1) is 10.7 Å². The fraction of sp³-hybridized carbons (Fsp3) is 0.353. The molecule has 1 saturated heterocycles. The largest absolute Gasteiger partial charge is 0.477 e. The molecule has 2 aromatic rings. The zero-order valence-electron chi connectivity index (χ0n) is 13.1. The first kappa shape index (κ1) is 15.9. The Morgan fingerprint density at radius 1 is 1.22 bits per heavy atom. The van der Waals surface area contributed by atoms with Gasteiger partial charge in [0.25, 0.3) is 0 Å². The third-order valence-electron chi connectivity index (χ3n) is 4.25. The molecular formula is C17H20ClN3O2. The molecule has 0 spiro atoms. The number of carboxylic acids is 1. The fourth-order valence-corrected chi connectivity index (χ4v) is 3.30. The second-order valence-electron chi connectivity index (χ2n) is 5.86. The SMILES string of the molecule is Cn1cc(CN2CCN(c3ccccc3Cl)CC2)cc1C(=O)O. The number of hydrogen-bond acceptors (Lipinski definition) is 3. The molecule has 1 aromatic carbocycles. The van der Waals surface area contributed by atoms with Gasteiger partial charge in [-0.05, 0) is 23.8 Å². The van der Waals surface area contributed by atoms with Crippen LogP contribution < -0.4 is 4.90 Å². The Morgan fingerprint density at radius 2 is 1.91 bits per heavy atom. The number of nitrogens with zero attached hydrogens (tertiary/aromatic N) is 3. The number of anilines is 1. The number of para-hydroxylation sites is 1. The van der Waals surface area contributed by atoms with Crippen LogP contribution >= 0.6 is 11.6 Å². The Hall–Kier alpha value is -1.98. The molecule has 1 aliphatic heterocycles. The van der Waals surface area contributed by atoms with Crippen LogP contribution in [0.15, 0.2) is 36.5 Å². The molecule has 1 aliphatic rings. The van der Waals surface area contributed by atoms with Gasteiger partial charge in [-0.1, -0.05) is 23.7 Å². The van der Waals surface area contributed by atoms with Crippen LogP contribution in [0.5, 0.6) is 0 Å². The third-order valence-corrected chi connectivity index (χ3v) is 4.57. The summed E-state index contributed by atoms with van der Waals surface area (Å²) in [5.74, 6) is -0.887. The van der Waals surface area contributed by atoms with E-state index >= 15 is 0 Å². The second kappa shape index (κ2) is 6.64. The molecular weight excluding hydrogens is 314 g/mol. The maximum absolute atomic E-state index is 11.1. The number of carboxylic acid groups (broad SMARTS) is 1. The minimum atomic E-state index is -0.887. The summed E-state index contributed by atoms with van der Waals surface area (Å²) < 4.78 is 1.66. The van der Waals surface area contributed by atoms with Gasteiger partial charge in [0.15, 0.2) is 0 Å². The summed E-state index contributed by atoms with van der Waals surface area (Å²) in [5.41, 5.74) is 2.45. The summed E-state index contributed by atoms with van der Waals surface area (Å²) in [6.07, 6.45) is 1.89. The van der Waals surface area contributed by atoms with Gasteiger partial charge in [0, 0.05) is 46.0 Å². The number of halogens is 1. The summed E-state index contributed by atoms with van der Waals surface area (Å²) in [6.45, 7) is 4.48. The van der Waals surface area contributed by atoms with Crippen molar-refractivity contribution in [1.82, 2.24) is 9.47 Å². The average molecular weight is 334 g/mol. The molecule has 0 atom stereocenters. The lowest BCUT2D eigenvalue weighted by molar-refractivity contribution is 0.0686. The standard InChI is InChI=1S/C17H20ClN3O2/c1-19-11-13(10-16(19)17(22)23)12-20-6-8-21(9-7-20)15-5-3-2-4-14(15)18/h2-5,10-11H,6-9,12H2,1H3,(H,22,23). The molecule has 1 aromatic heterocycles. The molecule has 5 nitrogen and oxygen atoms in total. The zero-order valence-corrected chi connectivity index (χ0v) is 13.8. The van der Waals surface area contributed by atoms with Crippen LogP contribution in [0.2, 0.25) is 5.02 Å². The smallest absolute Gasteiger partial charge is 0.352 e. The highest BCUT2D eigenvalue weighted by Gasteiger charge is 2.20. The van der Waals surface area contributed by atoms with Crippen molar-refractivity contribution < 1.29 is 9.90 Å². The van der Waals surface area contributed by atoms with Crippen molar-refractivity contribution >= 4 is 23.3 Å².